The van der Waals surface area contributed by atoms with Crippen molar-refractivity contribution in [3.8, 4) is 11.5 Å². The number of nitrogens with zero attached hydrogens (tertiary/aromatic N) is 1. The Morgan fingerprint density at radius 3 is 2.83 bits per heavy atom. The average Bonchev–Trinajstić information content (AvgIpc) is 2.59. The fourth-order valence-electron chi connectivity index (χ4n) is 2.39. The molecular weight excluding hydrogens is 336 g/mol. The van der Waals surface area contributed by atoms with Crippen LogP contribution in [0.1, 0.15) is 15.9 Å². The van der Waals surface area contributed by atoms with Crippen molar-refractivity contribution in [2.45, 2.75) is 6.54 Å². The Morgan fingerprint density at radius 1 is 1.25 bits per heavy atom. The molecule has 0 aliphatic carbocycles. The number of nitro groups is 1. The third-order valence-electron chi connectivity index (χ3n) is 3.49. The molecule has 8 heteroatoms. The van der Waals surface area contributed by atoms with Gasteiger partial charge in [0.2, 0.25) is 0 Å². The van der Waals surface area contributed by atoms with E-state index in [9.17, 15) is 14.9 Å². The summed E-state index contributed by atoms with van der Waals surface area (Å²) in [5, 5.41) is 13.9. The van der Waals surface area contributed by atoms with Gasteiger partial charge in [-0.1, -0.05) is 23.7 Å². The van der Waals surface area contributed by atoms with E-state index in [0.29, 0.717) is 24.7 Å². The summed E-state index contributed by atoms with van der Waals surface area (Å²) in [5.41, 5.74) is 0.346. The molecule has 7 nitrogen and oxygen atoms in total. The molecule has 0 atom stereocenters. The SMILES string of the molecule is O=C(NCc1cccc2c1OCCO2)c1ccc(Cl)cc1[N+](=O)[O-]. The predicted octanol–water partition coefficient (Wildman–Crippen LogP) is 2.95. The van der Waals surface area contributed by atoms with Crippen LogP contribution in [0.25, 0.3) is 0 Å². The molecule has 1 aliphatic rings. The lowest BCUT2D eigenvalue weighted by molar-refractivity contribution is -0.385. The molecule has 0 bridgehead atoms. The number of ether oxygens (including phenoxy) is 2. The monoisotopic (exact) mass is 348 g/mol. The molecule has 0 aromatic heterocycles. The van der Waals surface area contributed by atoms with Gasteiger partial charge in [-0.15, -0.1) is 0 Å². The van der Waals surface area contributed by atoms with Crippen LogP contribution in [0.2, 0.25) is 5.02 Å². The zero-order chi connectivity index (χ0) is 17.1. The third-order valence-corrected chi connectivity index (χ3v) is 3.72. The van der Waals surface area contributed by atoms with E-state index >= 15 is 0 Å². The Kier molecular flexibility index (Phi) is 4.52. The first-order chi connectivity index (χ1) is 11.6. The van der Waals surface area contributed by atoms with Crippen LogP contribution in [0.4, 0.5) is 5.69 Å². The minimum Gasteiger partial charge on any atom is -0.486 e. The van der Waals surface area contributed by atoms with Crippen LogP contribution >= 0.6 is 11.6 Å². The summed E-state index contributed by atoms with van der Waals surface area (Å²) in [6.45, 7) is 1.06. The van der Waals surface area contributed by atoms with E-state index in [2.05, 4.69) is 5.32 Å². The number of amides is 1. The van der Waals surface area contributed by atoms with Gasteiger partial charge >= 0.3 is 0 Å². The van der Waals surface area contributed by atoms with Crippen LogP contribution in [0, 0.1) is 10.1 Å². The highest BCUT2D eigenvalue weighted by molar-refractivity contribution is 6.31. The standard InChI is InChI=1S/C16H13ClN2O5/c17-11-4-5-12(13(8-11)19(21)22)16(20)18-9-10-2-1-3-14-15(10)24-7-6-23-14/h1-5,8H,6-7,9H2,(H,18,20). The molecule has 2 aromatic rings. The van der Waals surface area contributed by atoms with Crippen molar-refractivity contribution < 1.29 is 19.2 Å². The van der Waals surface area contributed by atoms with E-state index in [0.717, 1.165) is 11.6 Å². The third kappa shape index (κ3) is 3.26. The first-order valence-electron chi connectivity index (χ1n) is 7.16. The fraction of sp³-hybridized carbons (Fsp3) is 0.188. The van der Waals surface area contributed by atoms with E-state index in [-0.39, 0.29) is 22.8 Å². The largest absolute Gasteiger partial charge is 0.486 e. The number of hydrogen-bond acceptors (Lipinski definition) is 5. The Bertz CT molecular complexity index is 809. The van der Waals surface area contributed by atoms with Crippen LogP contribution in [-0.2, 0) is 6.54 Å². The number of carbonyl (C=O) groups is 1. The van der Waals surface area contributed by atoms with Crippen molar-refractivity contribution in [1.82, 2.24) is 5.32 Å². The van der Waals surface area contributed by atoms with Gasteiger partial charge < -0.3 is 14.8 Å². The Labute approximate surface area is 142 Å². The molecule has 0 spiro atoms. The Morgan fingerprint density at radius 2 is 2.04 bits per heavy atom. The molecule has 0 radical (unpaired) electrons. The highest BCUT2D eigenvalue weighted by Crippen LogP contribution is 2.33. The first-order valence-corrected chi connectivity index (χ1v) is 7.53. The maximum absolute atomic E-state index is 12.3. The van der Waals surface area contributed by atoms with Gasteiger partial charge in [0.15, 0.2) is 11.5 Å². The van der Waals surface area contributed by atoms with E-state index in [4.69, 9.17) is 21.1 Å². The van der Waals surface area contributed by atoms with Gasteiger partial charge in [-0.25, -0.2) is 0 Å². The fourth-order valence-corrected chi connectivity index (χ4v) is 2.56. The average molecular weight is 349 g/mol. The molecule has 24 heavy (non-hydrogen) atoms. The second-order valence-electron chi connectivity index (χ2n) is 5.04. The molecule has 124 valence electrons. The zero-order valence-corrected chi connectivity index (χ0v) is 13.2. The number of rotatable bonds is 4. The summed E-state index contributed by atoms with van der Waals surface area (Å²) in [6, 6.07) is 9.28. The molecule has 1 heterocycles. The van der Waals surface area contributed by atoms with Crippen LogP contribution < -0.4 is 14.8 Å². The first kappa shape index (κ1) is 16.1. The highest BCUT2D eigenvalue weighted by atomic mass is 35.5. The van der Waals surface area contributed by atoms with Gasteiger partial charge in [0, 0.05) is 23.2 Å². The molecule has 0 unspecified atom stereocenters. The van der Waals surface area contributed by atoms with E-state index < -0.39 is 10.8 Å². The van der Waals surface area contributed by atoms with Crippen molar-refractivity contribution in [3.63, 3.8) is 0 Å². The highest BCUT2D eigenvalue weighted by Gasteiger charge is 2.21. The number of halogens is 1. The molecule has 2 aromatic carbocycles. The number of nitrogens with one attached hydrogen (secondary N) is 1. The maximum Gasteiger partial charge on any atom is 0.283 e. The maximum atomic E-state index is 12.3. The number of benzene rings is 2. The van der Waals surface area contributed by atoms with Crippen LogP contribution in [0.5, 0.6) is 11.5 Å². The quantitative estimate of drug-likeness (QED) is 0.677. The van der Waals surface area contributed by atoms with Gasteiger partial charge in [0.25, 0.3) is 11.6 Å². The van der Waals surface area contributed by atoms with Gasteiger partial charge in [-0.3, -0.25) is 14.9 Å². The van der Waals surface area contributed by atoms with Gasteiger partial charge in [0.1, 0.15) is 18.8 Å². The van der Waals surface area contributed by atoms with Crippen molar-refractivity contribution in [3.05, 3.63) is 62.7 Å². The number of fused-ring (bicyclic) bond motifs is 1. The predicted molar refractivity (Wildman–Crippen MR) is 86.7 cm³/mol. The van der Waals surface area contributed by atoms with Crippen LogP contribution in [-0.4, -0.2) is 24.0 Å². The zero-order valence-electron chi connectivity index (χ0n) is 12.5. The summed E-state index contributed by atoms with van der Waals surface area (Å²) < 4.78 is 11.0. The van der Waals surface area contributed by atoms with Crippen molar-refractivity contribution in [1.29, 1.82) is 0 Å². The lowest BCUT2D eigenvalue weighted by Gasteiger charge is -2.21. The summed E-state index contributed by atoms with van der Waals surface area (Å²) in [6.07, 6.45) is 0. The van der Waals surface area contributed by atoms with Gasteiger partial charge in [-0.05, 0) is 18.2 Å². The molecule has 1 aliphatic heterocycles. The molecule has 3 rings (SSSR count). The molecule has 0 fully saturated rings. The van der Waals surface area contributed by atoms with E-state index in [1.165, 1.54) is 12.1 Å². The van der Waals surface area contributed by atoms with Crippen LogP contribution in [0.15, 0.2) is 36.4 Å². The normalized spacial score (nSPS) is 12.5. The number of para-hydroxylation sites is 1. The molecule has 0 saturated carbocycles. The van der Waals surface area contributed by atoms with E-state index in [1.54, 1.807) is 18.2 Å². The summed E-state index contributed by atoms with van der Waals surface area (Å²) in [5.74, 6) is 0.632. The summed E-state index contributed by atoms with van der Waals surface area (Å²) >= 11 is 5.75. The van der Waals surface area contributed by atoms with Crippen molar-refractivity contribution >= 4 is 23.2 Å². The van der Waals surface area contributed by atoms with Crippen molar-refractivity contribution in [2.75, 3.05) is 13.2 Å². The number of hydrogen-bond donors (Lipinski definition) is 1. The number of carbonyl (C=O) groups excluding carboxylic acids is 1. The summed E-state index contributed by atoms with van der Waals surface area (Å²) in [7, 11) is 0. The summed E-state index contributed by atoms with van der Waals surface area (Å²) in [4.78, 5) is 22.7. The molecular formula is C16H13ClN2O5. The molecule has 1 amide bonds. The van der Waals surface area contributed by atoms with Gasteiger partial charge in [0.05, 0.1) is 4.92 Å². The Hall–Kier alpha value is -2.80. The minimum atomic E-state index is -0.637. The second kappa shape index (κ2) is 6.76. The van der Waals surface area contributed by atoms with Crippen molar-refractivity contribution in [2.24, 2.45) is 0 Å². The molecule has 0 saturated heterocycles. The smallest absolute Gasteiger partial charge is 0.283 e. The minimum absolute atomic E-state index is 0.0497. The second-order valence-corrected chi connectivity index (χ2v) is 5.48. The lowest BCUT2D eigenvalue weighted by Crippen LogP contribution is -2.25. The topological polar surface area (TPSA) is 90.7 Å². The van der Waals surface area contributed by atoms with Crippen LogP contribution in [0.3, 0.4) is 0 Å². The number of nitro benzene ring substituents is 1. The lowest BCUT2D eigenvalue weighted by atomic mass is 10.1. The Balaban J connectivity index is 1.79. The van der Waals surface area contributed by atoms with E-state index in [1.807, 2.05) is 0 Å². The molecule has 1 N–H and O–H groups in total. The van der Waals surface area contributed by atoms with Gasteiger partial charge in [-0.2, -0.15) is 0 Å².